The summed E-state index contributed by atoms with van der Waals surface area (Å²) in [5, 5.41) is 4.68. The molecular weight excluding hydrogens is 741 g/mol. The van der Waals surface area contributed by atoms with E-state index in [0.29, 0.717) is 5.95 Å². The molecule has 4 heteroatoms. The van der Waals surface area contributed by atoms with Gasteiger partial charge >= 0.3 is 0 Å². The average Bonchev–Trinajstić information content (AvgIpc) is 3.66. The fourth-order valence-electron chi connectivity index (χ4n) is 9.56. The van der Waals surface area contributed by atoms with E-state index in [1.807, 2.05) is 18.2 Å². The van der Waals surface area contributed by atoms with Crippen molar-refractivity contribution in [1.82, 2.24) is 14.5 Å². The second-order valence-electron chi connectivity index (χ2n) is 16.3. The van der Waals surface area contributed by atoms with Crippen molar-refractivity contribution in [1.29, 1.82) is 0 Å². The Morgan fingerprint density at radius 3 is 1.98 bits per heavy atom. The van der Waals surface area contributed by atoms with Gasteiger partial charge in [-0.15, -0.1) is 0 Å². The molecule has 0 bridgehead atoms. The first kappa shape index (κ1) is 36.3. The van der Waals surface area contributed by atoms with Crippen LogP contribution in [-0.2, 0) is 5.41 Å². The molecular formula is C57H42N4. The highest BCUT2D eigenvalue weighted by molar-refractivity contribution is 6.21. The Morgan fingerprint density at radius 2 is 1.16 bits per heavy atom. The van der Waals surface area contributed by atoms with Crippen molar-refractivity contribution in [2.24, 2.45) is 0 Å². The van der Waals surface area contributed by atoms with Crippen LogP contribution in [0.2, 0.25) is 0 Å². The molecule has 1 aliphatic heterocycles. The number of benzene rings is 8. The van der Waals surface area contributed by atoms with Crippen LogP contribution in [0.3, 0.4) is 0 Å². The zero-order valence-corrected chi connectivity index (χ0v) is 34.2. The number of aromatic nitrogens is 3. The molecule has 0 amide bonds. The number of para-hydroxylation sites is 2. The molecule has 10 aromatic rings. The second-order valence-corrected chi connectivity index (χ2v) is 16.3. The molecule has 0 aliphatic carbocycles. The lowest BCUT2D eigenvalue weighted by Crippen LogP contribution is -2.30. The summed E-state index contributed by atoms with van der Waals surface area (Å²) in [6.45, 7) is 13.1. The van der Waals surface area contributed by atoms with Gasteiger partial charge in [0.05, 0.1) is 33.8 Å². The van der Waals surface area contributed by atoms with Gasteiger partial charge < -0.3 is 4.90 Å². The highest BCUT2D eigenvalue weighted by Crippen LogP contribution is 2.53. The Balaban J connectivity index is 1.15. The van der Waals surface area contributed by atoms with E-state index in [9.17, 15) is 0 Å². The van der Waals surface area contributed by atoms with Crippen LogP contribution in [0, 0.1) is 0 Å². The minimum atomic E-state index is -0.191. The van der Waals surface area contributed by atoms with Gasteiger partial charge in [0.2, 0.25) is 5.95 Å². The van der Waals surface area contributed by atoms with Gasteiger partial charge in [0.25, 0.3) is 0 Å². The SMILES string of the molecule is C=Cc1nc(-n2c3cc(-c4ccc5c(c4)N(c4ccccc4)c4ccccc4C5(C)C)ccc3c3c4ccccc4ccc32)nc(-c2cccc(-c3ccccc3)c2)c1C=C. The van der Waals surface area contributed by atoms with Gasteiger partial charge in [-0.1, -0.05) is 173 Å². The monoisotopic (exact) mass is 782 g/mol. The van der Waals surface area contributed by atoms with Crippen molar-refractivity contribution in [3.05, 3.63) is 218 Å². The van der Waals surface area contributed by atoms with Crippen molar-refractivity contribution in [2.45, 2.75) is 19.3 Å². The number of nitrogens with zero attached hydrogens (tertiary/aromatic N) is 4. The number of hydrogen-bond donors (Lipinski definition) is 0. The summed E-state index contributed by atoms with van der Waals surface area (Å²) in [5.41, 5.74) is 15.8. The Kier molecular flexibility index (Phi) is 8.43. The van der Waals surface area contributed by atoms with Crippen molar-refractivity contribution < 1.29 is 0 Å². The third-order valence-corrected chi connectivity index (χ3v) is 12.5. The smallest absolute Gasteiger partial charge is 0.235 e. The van der Waals surface area contributed by atoms with E-state index in [1.165, 1.54) is 38.7 Å². The van der Waals surface area contributed by atoms with E-state index < -0.39 is 0 Å². The minimum absolute atomic E-state index is 0.191. The molecule has 0 unspecified atom stereocenters. The van der Waals surface area contributed by atoms with E-state index in [4.69, 9.17) is 9.97 Å². The zero-order chi connectivity index (χ0) is 41.2. The van der Waals surface area contributed by atoms with Gasteiger partial charge in [0.1, 0.15) is 0 Å². The van der Waals surface area contributed by atoms with E-state index >= 15 is 0 Å². The zero-order valence-electron chi connectivity index (χ0n) is 34.2. The summed E-state index contributed by atoms with van der Waals surface area (Å²) in [5.74, 6) is 0.576. The Hall–Kier alpha value is -7.82. The first-order chi connectivity index (χ1) is 29.9. The van der Waals surface area contributed by atoms with Crippen molar-refractivity contribution in [3.63, 3.8) is 0 Å². The van der Waals surface area contributed by atoms with Crippen LogP contribution >= 0.6 is 0 Å². The largest absolute Gasteiger partial charge is 0.310 e. The molecule has 1 aliphatic rings. The maximum absolute atomic E-state index is 5.45. The molecule has 0 atom stereocenters. The van der Waals surface area contributed by atoms with Crippen LogP contribution in [0.4, 0.5) is 17.1 Å². The minimum Gasteiger partial charge on any atom is -0.310 e. The Labute approximate surface area is 356 Å². The van der Waals surface area contributed by atoms with Crippen molar-refractivity contribution in [3.8, 4) is 39.5 Å². The van der Waals surface area contributed by atoms with Crippen molar-refractivity contribution >= 4 is 61.8 Å². The Bertz CT molecular complexity index is 3370. The molecule has 0 N–H and O–H groups in total. The predicted molar refractivity (Wildman–Crippen MR) is 257 cm³/mol. The summed E-state index contributed by atoms with van der Waals surface area (Å²) in [6, 6.07) is 65.4. The fourth-order valence-corrected chi connectivity index (χ4v) is 9.56. The molecule has 11 rings (SSSR count). The van der Waals surface area contributed by atoms with Crippen LogP contribution < -0.4 is 4.90 Å². The highest BCUT2D eigenvalue weighted by atomic mass is 15.2. The molecule has 4 nitrogen and oxygen atoms in total. The van der Waals surface area contributed by atoms with Gasteiger partial charge in [0.15, 0.2) is 0 Å². The number of anilines is 3. The molecule has 0 radical (unpaired) electrons. The van der Waals surface area contributed by atoms with E-state index in [-0.39, 0.29) is 5.41 Å². The van der Waals surface area contributed by atoms with E-state index in [2.05, 4.69) is 212 Å². The summed E-state index contributed by atoms with van der Waals surface area (Å²) >= 11 is 0. The molecule has 0 saturated heterocycles. The summed E-state index contributed by atoms with van der Waals surface area (Å²) in [6.07, 6.45) is 3.66. The summed E-state index contributed by atoms with van der Waals surface area (Å²) in [7, 11) is 0. The van der Waals surface area contributed by atoms with E-state index in [0.717, 1.165) is 66.9 Å². The van der Waals surface area contributed by atoms with Gasteiger partial charge in [-0.3, -0.25) is 4.57 Å². The Morgan fingerprint density at radius 1 is 0.492 bits per heavy atom. The van der Waals surface area contributed by atoms with Gasteiger partial charge in [0, 0.05) is 33.0 Å². The van der Waals surface area contributed by atoms with Crippen LogP contribution in [0.15, 0.2) is 195 Å². The number of hydrogen-bond acceptors (Lipinski definition) is 3. The first-order valence-electron chi connectivity index (χ1n) is 20.8. The predicted octanol–water partition coefficient (Wildman–Crippen LogP) is 15.1. The standard InChI is InChI=1S/C57H42N4/c1-5-44-49(6-2)58-56(59-55(44)42-22-17-21-39(34-42)37-18-9-7-10-19-37)61-51-33-30-38-20-13-14-25-45(38)54(51)46-31-28-40(35-52(46)61)41-29-32-48-53(36-41)60(43-23-11-8-12-24-43)50-27-16-15-26-47(50)57(48,3)4/h5-36H,1-2H2,3-4H3. The third-order valence-electron chi connectivity index (χ3n) is 12.5. The number of rotatable bonds is 7. The molecule has 2 aromatic heterocycles. The molecule has 0 fully saturated rings. The molecule has 61 heavy (non-hydrogen) atoms. The van der Waals surface area contributed by atoms with Crippen LogP contribution in [0.25, 0.3) is 84.2 Å². The third kappa shape index (κ3) is 5.75. The fraction of sp³-hybridized carbons (Fsp3) is 0.0526. The molecule has 8 aromatic carbocycles. The lowest BCUT2D eigenvalue weighted by atomic mass is 9.73. The maximum Gasteiger partial charge on any atom is 0.235 e. The lowest BCUT2D eigenvalue weighted by molar-refractivity contribution is 0.632. The molecule has 290 valence electrons. The van der Waals surface area contributed by atoms with Gasteiger partial charge in [-0.05, 0) is 92.7 Å². The second kappa shape index (κ2) is 14.2. The summed E-state index contributed by atoms with van der Waals surface area (Å²) in [4.78, 5) is 13.1. The van der Waals surface area contributed by atoms with Crippen LogP contribution in [-0.4, -0.2) is 14.5 Å². The molecule has 3 heterocycles. The highest BCUT2D eigenvalue weighted by Gasteiger charge is 2.37. The van der Waals surface area contributed by atoms with Crippen molar-refractivity contribution in [2.75, 3.05) is 4.90 Å². The average molecular weight is 783 g/mol. The maximum atomic E-state index is 5.45. The van der Waals surface area contributed by atoms with Gasteiger partial charge in [-0.25, -0.2) is 9.97 Å². The van der Waals surface area contributed by atoms with Gasteiger partial charge in [-0.2, -0.15) is 0 Å². The number of fused-ring (bicyclic) bond motifs is 7. The van der Waals surface area contributed by atoms with Crippen LogP contribution in [0.1, 0.15) is 36.2 Å². The first-order valence-corrected chi connectivity index (χ1v) is 20.8. The molecule has 0 saturated carbocycles. The van der Waals surface area contributed by atoms with E-state index in [1.54, 1.807) is 0 Å². The quantitative estimate of drug-likeness (QED) is 0.161. The lowest BCUT2D eigenvalue weighted by Gasteiger charge is -2.42. The van der Waals surface area contributed by atoms with Crippen LogP contribution in [0.5, 0.6) is 0 Å². The summed E-state index contributed by atoms with van der Waals surface area (Å²) < 4.78 is 2.24. The molecule has 0 spiro atoms. The topological polar surface area (TPSA) is 34.0 Å². The normalized spacial score (nSPS) is 13.0.